The molecular formula is C15H20ClN5. The fourth-order valence-corrected chi connectivity index (χ4v) is 1.95. The summed E-state index contributed by atoms with van der Waals surface area (Å²) in [5, 5.41) is 11.4. The van der Waals surface area contributed by atoms with E-state index in [9.17, 15) is 0 Å². The summed E-state index contributed by atoms with van der Waals surface area (Å²) in [6.45, 7) is 5.07. The fraction of sp³-hybridized carbons (Fsp3) is 0.333. The summed E-state index contributed by atoms with van der Waals surface area (Å²) in [6.07, 6.45) is 3.72. The van der Waals surface area contributed by atoms with Gasteiger partial charge in [0, 0.05) is 30.5 Å². The number of benzene rings is 1. The molecule has 0 unspecified atom stereocenters. The molecule has 5 nitrogen and oxygen atoms in total. The predicted molar refractivity (Wildman–Crippen MR) is 86.5 cm³/mol. The van der Waals surface area contributed by atoms with Gasteiger partial charge in [0.1, 0.15) is 0 Å². The lowest BCUT2D eigenvalue weighted by molar-refractivity contribution is 0.598. The molecular weight excluding hydrogens is 286 g/mol. The zero-order chi connectivity index (χ0) is 14.9. The average molecular weight is 306 g/mol. The number of hydrogen-bond acceptors (Lipinski definition) is 2. The highest BCUT2D eigenvalue weighted by Crippen LogP contribution is 2.09. The third kappa shape index (κ3) is 5.47. The molecule has 2 rings (SSSR count). The minimum Gasteiger partial charge on any atom is -0.357 e. The molecule has 2 N–H and O–H groups in total. The number of aromatic nitrogens is 2. The van der Waals surface area contributed by atoms with Crippen molar-refractivity contribution in [3.8, 4) is 0 Å². The highest BCUT2D eigenvalue weighted by molar-refractivity contribution is 6.30. The Hall–Kier alpha value is -2.01. The Bertz CT molecular complexity index is 548. The van der Waals surface area contributed by atoms with Crippen LogP contribution in [0.3, 0.4) is 0 Å². The van der Waals surface area contributed by atoms with Gasteiger partial charge < -0.3 is 10.6 Å². The maximum absolute atomic E-state index is 5.87. The maximum Gasteiger partial charge on any atom is 0.191 e. The van der Waals surface area contributed by atoms with E-state index >= 15 is 0 Å². The summed E-state index contributed by atoms with van der Waals surface area (Å²) in [4.78, 5) is 4.55. The van der Waals surface area contributed by atoms with Gasteiger partial charge in [-0.25, -0.2) is 4.99 Å². The molecule has 1 aromatic carbocycles. The first-order valence-corrected chi connectivity index (χ1v) is 7.40. The maximum atomic E-state index is 5.87. The Kier molecular flexibility index (Phi) is 6.09. The van der Waals surface area contributed by atoms with Crippen molar-refractivity contribution in [2.75, 3.05) is 13.1 Å². The van der Waals surface area contributed by atoms with Gasteiger partial charge in [0.25, 0.3) is 0 Å². The van der Waals surface area contributed by atoms with Crippen LogP contribution in [0.2, 0.25) is 5.02 Å². The molecule has 0 radical (unpaired) electrons. The molecule has 0 amide bonds. The van der Waals surface area contributed by atoms with E-state index < -0.39 is 0 Å². The van der Waals surface area contributed by atoms with Crippen molar-refractivity contribution in [3.63, 3.8) is 0 Å². The van der Waals surface area contributed by atoms with Crippen LogP contribution in [0.4, 0.5) is 0 Å². The van der Waals surface area contributed by atoms with E-state index in [0.29, 0.717) is 6.54 Å². The van der Waals surface area contributed by atoms with Crippen LogP contribution in [0.15, 0.2) is 47.7 Å². The van der Waals surface area contributed by atoms with Crippen LogP contribution in [-0.2, 0) is 13.1 Å². The molecule has 0 saturated carbocycles. The number of hydrogen-bond donors (Lipinski definition) is 2. The first-order chi connectivity index (χ1) is 10.3. The minimum absolute atomic E-state index is 0.619. The summed E-state index contributed by atoms with van der Waals surface area (Å²) < 4.78 is 1.88. The highest BCUT2D eigenvalue weighted by Gasteiger charge is 1.98. The van der Waals surface area contributed by atoms with Crippen molar-refractivity contribution in [2.24, 2.45) is 4.99 Å². The molecule has 21 heavy (non-hydrogen) atoms. The van der Waals surface area contributed by atoms with Gasteiger partial charge in [-0.3, -0.25) is 4.68 Å². The molecule has 1 aromatic heterocycles. The molecule has 0 aliphatic heterocycles. The summed E-state index contributed by atoms with van der Waals surface area (Å²) in [5.74, 6) is 0.805. The van der Waals surface area contributed by atoms with Crippen molar-refractivity contribution in [2.45, 2.75) is 20.0 Å². The normalized spacial score (nSPS) is 11.4. The molecule has 0 atom stereocenters. The molecule has 0 fully saturated rings. The molecule has 0 bridgehead atoms. The topological polar surface area (TPSA) is 54.2 Å². The summed E-state index contributed by atoms with van der Waals surface area (Å²) in [7, 11) is 0. The van der Waals surface area contributed by atoms with Gasteiger partial charge in [0.2, 0.25) is 0 Å². The first-order valence-electron chi connectivity index (χ1n) is 7.02. The lowest BCUT2D eigenvalue weighted by Gasteiger charge is -2.11. The average Bonchev–Trinajstić information content (AvgIpc) is 3.00. The van der Waals surface area contributed by atoms with Gasteiger partial charge in [0.05, 0.1) is 13.1 Å². The number of nitrogens with zero attached hydrogens (tertiary/aromatic N) is 3. The van der Waals surface area contributed by atoms with Gasteiger partial charge in [-0.15, -0.1) is 0 Å². The number of nitrogens with one attached hydrogen (secondary N) is 2. The van der Waals surface area contributed by atoms with Gasteiger partial charge in [0.15, 0.2) is 5.96 Å². The van der Waals surface area contributed by atoms with Crippen molar-refractivity contribution in [3.05, 3.63) is 53.3 Å². The monoisotopic (exact) mass is 305 g/mol. The van der Waals surface area contributed by atoms with Crippen molar-refractivity contribution >= 4 is 17.6 Å². The Morgan fingerprint density at radius 2 is 2.10 bits per heavy atom. The molecule has 1 heterocycles. The van der Waals surface area contributed by atoms with E-state index in [1.807, 2.05) is 48.1 Å². The second kappa shape index (κ2) is 8.32. The van der Waals surface area contributed by atoms with Gasteiger partial charge in [-0.1, -0.05) is 23.7 Å². The fourth-order valence-electron chi connectivity index (χ4n) is 1.82. The van der Waals surface area contributed by atoms with Crippen LogP contribution in [0.25, 0.3) is 0 Å². The zero-order valence-electron chi connectivity index (χ0n) is 12.1. The SMILES string of the molecule is CCNC(=NCc1ccc(Cl)cc1)NCCn1cccn1. The van der Waals surface area contributed by atoms with Crippen LogP contribution in [-0.4, -0.2) is 28.8 Å². The third-order valence-electron chi connectivity index (χ3n) is 2.87. The van der Waals surface area contributed by atoms with Crippen LogP contribution < -0.4 is 10.6 Å². The Balaban J connectivity index is 1.84. The standard InChI is InChI=1S/C15H20ClN5/c1-2-17-15(18-9-11-21-10-3-8-20-21)19-12-13-4-6-14(16)7-5-13/h3-8,10H,2,9,11-12H2,1H3,(H2,17,18,19). The van der Waals surface area contributed by atoms with Gasteiger partial charge >= 0.3 is 0 Å². The first kappa shape index (κ1) is 15.4. The summed E-state index contributed by atoms with van der Waals surface area (Å²) in [6, 6.07) is 9.65. The molecule has 0 spiro atoms. The van der Waals surface area contributed by atoms with E-state index in [2.05, 4.69) is 20.7 Å². The van der Waals surface area contributed by atoms with E-state index in [1.165, 1.54) is 0 Å². The lowest BCUT2D eigenvalue weighted by Crippen LogP contribution is -2.38. The van der Waals surface area contributed by atoms with Gasteiger partial charge in [-0.05, 0) is 30.7 Å². The second-order valence-corrected chi connectivity index (χ2v) is 4.95. The summed E-state index contributed by atoms with van der Waals surface area (Å²) >= 11 is 5.87. The van der Waals surface area contributed by atoms with Crippen molar-refractivity contribution in [1.29, 1.82) is 0 Å². The van der Waals surface area contributed by atoms with Crippen LogP contribution in [0, 0.1) is 0 Å². The Morgan fingerprint density at radius 3 is 2.76 bits per heavy atom. The quantitative estimate of drug-likeness (QED) is 0.636. The third-order valence-corrected chi connectivity index (χ3v) is 3.12. The zero-order valence-corrected chi connectivity index (χ0v) is 12.8. The van der Waals surface area contributed by atoms with Crippen LogP contribution >= 0.6 is 11.6 Å². The number of guanidine groups is 1. The second-order valence-electron chi connectivity index (χ2n) is 4.52. The molecule has 2 aromatic rings. The van der Waals surface area contributed by atoms with E-state index in [4.69, 9.17) is 11.6 Å². The minimum atomic E-state index is 0.619. The van der Waals surface area contributed by atoms with E-state index in [1.54, 1.807) is 6.20 Å². The van der Waals surface area contributed by atoms with Crippen LogP contribution in [0.5, 0.6) is 0 Å². The van der Waals surface area contributed by atoms with Gasteiger partial charge in [-0.2, -0.15) is 5.10 Å². The highest BCUT2D eigenvalue weighted by atomic mass is 35.5. The van der Waals surface area contributed by atoms with Crippen LogP contribution in [0.1, 0.15) is 12.5 Å². The Labute approximate surface area is 130 Å². The molecule has 112 valence electrons. The molecule has 0 aliphatic carbocycles. The van der Waals surface area contributed by atoms with E-state index in [-0.39, 0.29) is 0 Å². The smallest absolute Gasteiger partial charge is 0.191 e. The largest absolute Gasteiger partial charge is 0.357 e. The Morgan fingerprint density at radius 1 is 1.29 bits per heavy atom. The predicted octanol–water partition coefficient (Wildman–Crippen LogP) is 2.29. The van der Waals surface area contributed by atoms with Crippen molar-refractivity contribution < 1.29 is 0 Å². The molecule has 0 saturated heterocycles. The van der Waals surface area contributed by atoms with E-state index in [0.717, 1.165) is 36.2 Å². The van der Waals surface area contributed by atoms with Crippen molar-refractivity contribution in [1.82, 2.24) is 20.4 Å². The number of aliphatic imine (C=N–C) groups is 1. The molecule has 0 aliphatic rings. The number of halogens is 1. The number of rotatable bonds is 6. The molecule has 6 heteroatoms. The summed E-state index contributed by atoms with van der Waals surface area (Å²) in [5.41, 5.74) is 1.13. The lowest BCUT2D eigenvalue weighted by atomic mass is 10.2.